The minimum Gasteiger partial charge on any atom is -0.274 e. The molecule has 5 aliphatic rings. The first kappa shape index (κ1) is 10.3. The van der Waals surface area contributed by atoms with Gasteiger partial charge in [-0.3, -0.25) is 9.59 Å². The molecule has 96 valence electrons. The molecule has 4 nitrogen and oxygen atoms in total. The molecule has 6 rings (SSSR count). The highest BCUT2D eigenvalue weighted by Crippen LogP contribution is 2.65. The minimum atomic E-state index is -0.116. The average molecular weight is 272 g/mol. The van der Waals surface area contributed by atoms with Crippen molar-refractivity contribution in [2.75, 3.05) is 4.90 Å². The van der Waals surface area contributed by atoms with Gasteiger partial charge in [0.05, 0.1) is 11.8 Å². The maximum absolute atomic E-state index is 12.6. The molecule has 19 heavy (non-hydrogen) atoms. The van der Waals surface area contributed by atoms with Gasteiger partial charge in [0.2, 0.25) is 11.8 Å². The number of nitrogens with zero attached hydrogens (tertiary/aromatic N) is 2. The predicted octanol–water partition coefficient (Wildman–Crippen LogP) is 1.70. The number of imide groups is 1. The van der Waals surface area contributed by atoms with E-state index in [-0.39, 0.29) is 23.7 Å². The van der Waals surface area contributed by atoms with Gasteiger partial charge in [0.15, 0.2) is 5.13 Å². The van der Waals surface area contributed by atoms with E-state index in [1.54, 1.807) is 6.20 Å². The number of hydrogen-bond donors (Lipinski definition) is 0. The van der Waals surface area contributed by atoms with Crippen molar-refractivity contribution in [1.29, 1.82) is 0 Å². The van der Waals surface area contributed by atoms with E-state index in [2.05, 4.69) is 17.1 Å². The molecule has 1 aromatic heterocycles. The van der Waals surface area contributed by atoms with Crippen LogP contribution in [0.5, 0.6) is 0 Å². The van der Waals surface area contributed by atoms with Gasteiger partial charge < -0.3 is 0 Å². The summed E-state index contributed by atoms with van der Waals surface area (Å²) in [6.45, 7) is 0. The number of amides is 2. The van der Waals surface area contributed by atoms with Gasteiger partial charge in [0.25, 0.3) is 0 Å². The Labute approximate surface area is 114 Å². The number of rotatable bonds is 1. The summed E-state index contributed by atoms with van der Waals surface area (Å²) < 4.78 is 0. The fraction of sp³-hybridized carbons (Fsp3) is 0.500. The molecule has 2 heterocycles. The number of carbonyl (C=O) groups excluding carboxylic acids is 2. The molecule has 2 bridgehead atoms. The lowest BCUT2D eigenvalue weighted by Gasteiger charge is -2.37. The molecule has 2 saturated carbocycles. The molecular formula is C14H12N2O2S. The standard InChI is InChI=1S/C14H12N2O2S/c17-12-10-6-1-2-7(9-5-8(6)9)11(10)13(18)16(12)14-15-3-4-19-14/h1-4,6-11H,5H2/t6-,7+,8-,9-,10+,11+/m1/s1. The Hall–Kier alpha value is -1.49. The predicted molar refractivity (Wildman–Crippen MR) is 69.3 cm³/mol. The van der Waals surface area contributed by atoms with Gasteiger partial charge in [0.1, 0.15) is 0 Å². The highest BCUT2D eigenvalue weighted by atomic mass is 32.1. The van der Waals surface area contributed by atoms with Crippen LogP contribution in [0.2, 0.25) is 0 Å². The van der Waals surface area contributed by atoms with Crippen LogP contribution in [0.1, 0.15) is 6.42 Å². The van der Waals surface area contributed by atoms with Crippen molar-refractivity contribution < 1.29 is 9.59 Å². The largest absolute Gasteiger partial charge is 0.274 e. The monoisotopic (exact) mass is 272 g/mol. The number of allylic oxidation sites excluding steroid dienone is 2. The van der Waals surface area contributed by atoms with Gasteiger partial charge in [-0.2, -0.15) is 0 Å². The Kier molecular flexibility index (Phi) is 1.71. The van der Waals surface area contributed by atoms with E-state index in [0.717, 1.165) is 0 Å². The fourth-order valence-corrected chi connectivity index (χ4v) is 5.12. The first-order valence-corrected chi connectivity index (χ1v) is 7.61. The third-order valence-corrected chi connectivity index (χ3v) is 6.03. The molecule has 0 N–H and O–H groups in total. The van der Waals surface area contributed by atoms with Gasteiger partial charge in [-0.1, -0.05) is 12.2 Å². The van der Waals surface area contributed by atoms with Crippen molar-refractivity contribution in [1.82, 2.24) is 4.98 Å². The van der Waals surface area contributed by atoms with Crippen LogP contribution in [0.4, 0.5) is 5.13 Å². The molecule has 0 unspecified atom stereocenters. The molecule has 1 aliphatic heterocycles. The van der Waals surface area contributed by atoms with E-state index in [4.69, 9.17) is 0 Å². The van der Waals surface area contributed by atoms with Crippen LogP contribution in [0.25, 0.3) is 0 Å². The molecule has 0 spiro atoms. The molecule has 0 radical (unpaired) electrons. The Morgan fingerprint density at radius 2 is 1.74 bits per heavy atom. The first-order valence-electron chi connectivity index (χ1n) is 6.73. The number of hydrogen-bond acceptors (Lipinski definition) is 4. The summed E-state index contributed by atoms with van der Waals surface area (Å²) in [6, 6.07) is 0. The summed E-state index contributed by atoms with van der Waals surface area (Å²) in [5, 5.41) is 2.35. The first-order chi connectivity index (χ1) is 9.27. The number of anilines is 1. The summed E-state index contributed by atoms with van der Waals surface area (Å²) in [4.78, 5) is 30.8. The van der Waals surface area contributed by atoms with Gasteiger partial charge >= 0.3 is 0 Å². The smallest absolute Gasteiger partial charge is 0.240 e. The Bertz CT molecular complexity index is 587. The van der Waals surface area contributed by atoms with Crippen LogP contribution >= 0.6 is 11.3 Å². The Balaban J connectivity index is 1.62. The maximum Gasteiger partial charge on any atom is 0.240 e. The second-order valence-corrected chi connectivity index (χ2v) is 6.85. The topological polar surface area (TPSA) is 50.3 Å². The zero-order valence-electron chi connectivity index (χ0n) is 10.1. The van der Waals surface area contributed by atoms with Crippen LogP contribution < -0.4 is 4.90 Å². The summed E-state index contributed by atoms with van der Waals surface area (Å²) >= 11 is 1.36. The van der Waals surface area contributed by atoms with Gasteiger partial charge in [-0.05, 0) is 30.1 Å². The molecular weight excluding hydrogens is 260 g/mol. The highest BCUT2D eigenvalue weighted by Gasteiger charge is 2.67. The molecule has 1 saturated heterocycles. The van der Waals surface area contributed by atoms with Crippen LogP contribution in [0.3, 0.4) is 0 Å². The second-order valence-electron chi connectivity index (χ2n) is 5.98. The van der Waals surface area contributed by atoms with Crippen LogP contribution in [0, 0.1) is 35.5 Å². The molecule has 6 atom stereocenters. The van der Waals surface area contributed by atoms with E-state index in [1.807, 2.05) is 5.38 Å². The highest BCUT2D eigenvalue weighted by molar-refractivity contribution is 7.14. The molecule has 5 heteroatoms. The normalized spacial score (nSPS) is 45.6. The lowest BCUT2D eigenvalue weighted by atomic mass is 9.63. The molecule has 2 amide bonds. The van der Waals surface area contributed by atoms with Gasteiger partial charge in [-0.15, -0.1) is 11.3 Å². The van der Waals surface area contributed by atoms with Crippen molar-refractivity contribution in [3.8, 4) is 0 Å². The zero-order chi connectivity index (χ0) is 12.7. The SMILES string of the molecule is O=C1[C@H]2[C@@H]3C=C[C@@H]([C@H]4C[C@H]34)[C@@H]2C(=O)N1c1nccs1. The minimum absolute atomic E-state index is 0.0188. The maximum atomic E-state index is 12.6. The second kappa shape index (κ2) is 3.15. The Morgan fingerprint density at radius 1 is 1.11 bits per heavy atom. The van der Waals surface area contributed by atoms with E-state index < -0.39 is 0 Å². The Morgan fingerprint density at radius 3 is 2.26 bits per heavy atom. The fourth-order valence-electron chi connectivity index (χ4n) is 4.47. The van der Waals surface area contributed by atoms with E-state index in [0.29, 0.717) is 28.8 Å². The lowest BCUT2D eigenvalue weighted by Crippen LogP contribution is -2.40. The van der Waals surface area contributed by atoms with Crippen LogP contribution in [-0.2, 0) is 9.59 Å². The summed E-state index contributed by atoms with van der Waals surface area (Å²) in [5.74, 6) is 1.63. The van der Waals surface area contributed by atoms with E-state index >= 15 is 0 Å². The molecule has 0 aromatic carbocycles. The van der Waals surface area contributed by atoms with Gasteiger partial charge in [0, 0.05) is 11.6 Å². The summed E-state index contributed by atoms with van der Waals surface area (Å²) in [6.07, 6.45) is 7.23. The number of aromatic nitrogens is 1. The molecule has 4 aliphatic carbocycles. The van der Waals surface area contributed by atoms with Crippen molar-refractivity contribution in [3.63, 3.8) is 0 Å². The summed E-state index contributed by atoms with van der Waals surface area (Å²) in [5.41, 5.74) is 0. The zero-order valence-corrected chi connectivity index (χ0v) is 10.9. The van der Waals surface area contributed by atoms with Crippen LogP contribution in [-0.4, -0.2) is 16.8 Å². The average Bonchev–Trinajstić information content (AvgIpc) is 3.01. The van der Waals surface area contributed by atoms with Crippen molar-refractivity contribution in [3.05, 3.63) is 23.7 Å². The van der Waals surface area contributed by atoms with E-state index in [1.165, 1.54) is 22.7 Å². The number of carbonyl (C=O) groups is 2. The van der Waals surface area contributed by atoms with E-state index in [9.17, 15) is 9.59 Å². The summed E-state index contributed by atoms with van der Waals surface area (Å²) in [7, 11) is 0. The third kappa shape index (κ3) is 1.09. The van der Waals surface area contributed by atoms with Crippen molar-refractivity contribution in [2.24, 2.45) is 35.5 Å². The van der Waals surface area contributed by atoms with Crippen molar-refractivity contribution >= 4 is 28.3 Å². The quantitative estimate of drug-likeness (QED) is 0.577. The van der Waals surface area contributed by atoms with Gasteiger partial charge in [-0.25, -0.2) is 9.88 Å². The van der Waals surface area contributed by atoms with Crippen molar-refractivity contribution in [2.45, 2.75) is 6.42 Å². The lowest BCUT2D eigenvalue weighted by molar-refractivity contribution is -0.124. The molecule has 3 fully saturated rings. The third-order valence-electron chi connectivity index (χ3n) is 5.27. The van der Waals surface area contributed by atoms with Crippen LogP contribution in [0.15, 0.2) is 23.7 Å². The number of thiazole rings is 1. The molecule has 1 aromatic rings.